The summed E-state index contributed by atoms with van der Waals surface area (Å²) in [5, 5.41) is 9.97. The van der Waals surface area contributed by atoms with Crippen molar-refractivity contribution in [3.05, 3.63) is 28.3 Å². The molecule has 1 heterocycles. The van der Waals surface area contributed by atoms with Gasteiger partial charge in [0.15, 0.2) is 0 Å². The largest absolute Gasteiger partial charge is 0.340 e. The molecule has 14 heavy (non-hydrogen) atoms. The van der Waals surface area contributed by atoms with Crippen molar-refractivity contribution in [1.29, 1.82) is 5.26 Å². The fourth-order valence-corrected chi connectivity index (χ4v) is 2.16. The molecule has 0 aliphatic carbocycles. The summed E-state index contributed by atoms with van der Waals surface area (Å²) in [7, 11) is 1.99. The Hall–Kier alpha value is -1.27. The first kappa shape index (κ1) is 10.8. The zero-order valence-corrected chi connectivity index (χ0v) is 9.77. The summed E-state index contributed by atoms with van der Waals surface area (Å²) in [4.78, 5) is 3.23. The Morgan fingerprint density at radius 2 is 2.29 bits per heavy atom. The SMILES string of the molecule is C/C=C(/C)N(C)c1sc(C)cc1C#N. The summed E-state index contributed by atoms with van der Waals surface area (Å²) in [5.41, 5.74) is 1.92. The van der Waals surface area contributed by atoms with Gasteiger partial charge in [-0.1, -0.05) is 6.08 Å². The molecule has 0 unspecified atom stereocenters. The van der Waals surface area contributed by atoms with Crippen LogP contribution in [0, 0.1) is 18.3 Å². The number of nitrogens with zero attached hydrogens (tertiary/aromatic N) is 2. The molecule has 74 valence electrons. The number of allylic oxidation sites excluding steroid dienone is 2. The first-order valence-corrected chi connectivity index (χ1v) is 5.29. The maximum atomic E-state index is 8.95. The van der Waals surface area contributed by atoms with Gasteiger partial charge in [0.05, 0.1) is 5.56 Å². The number of aryl methyl sites for hydroxylation is 1. The van der Waals surface area contributed by atoms with Crippen LogP contribution < -0.4 is 4.90 Å². The Morgan fingerprint density at radius 3 is 2.79 bits per heavy atom. The fraction of sp³-hybridized carbons (Fsp3) is 0.364. The molecule has 0 saturated heterocycles. The zero-order chi connectivity index (χ0) is 10.7. The predicted octanol–water partition coefficient (Wildman–Crippen LogP) is 3.29. The normalized spacial score (nSPS) is 11.2. The van der Waals surface area contributed by atoms with Crippen molar-refractivity contribution in [1.82, 2.24) is 0 Å². The molecule has 0 aliphatic heterocycles. The topological polar surface area (TPSA) is 27.0 Å². The minimum Gasteiger partial charge on any atom is -0.340 e. The van der Waals surface area contributed by atoms with Crippen molar-refractivity contribution in [2.75, 3.05) is 11.9 Å². The Balaban J connectivity index is 3.13. The van der Waals surface area contributed by atoms with Crippen molar-refractivity contribution in [2.45, 2.75) is 20.8 Å². The minimum atomic E-state index is 0.760. The van der Waals surface area contributed by atoms with Crippen LogP contribution in [0.3, 0.4) is 0 Å². The molecule has 0 spiro atoms. The summed E-state index contributed by atoms with van der Waals surface area (Å²) in [6.07, 6.45) is 2.04. The highest BCUT2D eigenvalue weighted by Crippen LogP contribution is 2.31. The molecule has 2 nitrogen and oxygen atoms in total. The van der Waals surface area contributed by atoms with Crippen molar-refractivity contribution in [3.8, 4) is 6.07 Å². The van der Waals surface area contributed by atoms with E-state index in [9.17, 15) is 0 Å². The van der Waals surface area contributed by atoms with Gasteiger partial charge in [-0.05, 0) is 26.8 Å². The molecular weight excluding hydrogens is 192 g/mol. The third-order valence-electron chi connectivity index (χ3n) is 2.21. The monoisotopic (exact) mass is 206 g/mol. The first-order valence-electron chi connectivity index (χ1n) is 4.47. The molecule has 1 rings (SSSR count). The van der Waals surface area contributed by atoms with Gasteiger partial charge in [-0.2, -0.15) is 5.26 Å². The van der Waals surface area contributed by atoms with Crippen LogP contribution in [0.5, 0.6) is 0 Å². The summed E-state index contributed by atoms with van der Waals surface area (Å²) >= 11 is 1.65. The van der Waals surface area contributed by atoms with Crippen LogP contribution in [0.2, 0.25) is 0 Å². The van der Waals surface area contributed by atoms with E-state index >= 15 is 0 Å². The molecule has 0 amide bonds. The summed E-state index contributed by atoms with van der Waals surface area (Å²) in [6.45, 7) is 6.06. The van der Waals surface area contributed by atoms with E-state index in [1.165, 1.54) is 4.88 Å². The molecule has 0 saturated carbocycles. The van der Waals surface area contributed by atoms with Gasteiger partial charge >= 0.3 is 0 Å². The Bertz CT molecular complexity index is 396. The van der Waals surface area contributed by atoms with Crippen LogP contribution in [0.15, 0.2) is 17.8 Å². The van der Waals surface area contributed by atoms with E-state index in [4.69, 9.17) is 5.26 Å². The molecule has 0 atom stereocenters. The van der Waals surface area contributed by atoms with E-state index in [1.54, 1.807) is 11.3 Å². The van der Waals surface area contributed by atoms with Gasteiger partial charge in [0, 0.05) is 17.6 Å². The molecule has 0 fully saturated rings. The van der Waals surface area contributed by atoms with Crippen molar-refractivity contribution >= 4 is 16.3 Å². The number of hydrogen-bond acceptors (Lipinski definition) is 3. The van der Waals surface area contributed by atoms with Crippen LogP contribution in [-0.4, -0.2) is 7.05 Å². The van der Waals surface area contributed by atoms with Gasteiger partial charge in [-0.3, -0.25) is 0 Å². The average molecular weight is 206 g/mol. The Labute approximate surface area is 89.1 Å². The first-order chi connectivity index (χ1) is 6.60. The van der Waals surface area contributed by atoms with Gasteiger partial charge in [0.1, 0.15) is 11.1 Å². The highest BCUT2D eigenvalue weighted by Gasteiger charge is 2.11. The molecule has 0 aromatic carbocycles. The van der Waals surface area contributed by atoms with Gasteiger partial charge < -0.3 is 4.90 Å². The molecule has 1 aromatic rings. The van der Waals surface area contributed by atoms with Crippen LogP contribution in [0.4, 0.5) is 5.00 Å². The maximum absolute atomic E-state index is 8.95. The summed E-state index contributed by atoms with van der Waals surface area (Å²) in [5.74, 6) is 0. The molecule has 0 aliphatic rings. The number of thiophene rings is 1. The third-order valence-corrected chi connectivity index (χ3v) is 3.33. The highest BCUT2D eigenvalue weighted by molar-refractivity contribution is 7.16. The molecule has 1 aromatic heterocycles. The third kappa shape index (κ3) is 1.97. The Kier molecular flexibility index (Phi) is 3.32. The van der Waals surface area contributed by atoms with Crippen LogP contribution in [0.25, 0.3) is 0 Å². The van der Waals surface area contributed by atoms with Crippen LogP contribution in [-0.2, 0) is 0 Å². The van der Waals surface area contributed by atoms with E-state index in [1.807, 2.05) is 40.0 Å². The molecule has 0 radical (unpaired) electrons. The van der Waals surface area contributed by atoms with Crippen LogP contribution in [0.1, 0.15) is 24.3 Å². The van der Waals surface area contributed by atoms with Crippen LogP contribution >= 0.6 is 11.3 Å². The van der Waals surface area contributed by atoms with Crippen molar-refractivity contribution in [3.63, 3.8) is 0 Å². The standard InChI is InChI=1S/C11H14N2S/c1-5-8(2)13(4)11-10(7-12)6-9(3)14-11/h5-6H,1-4H3/b8-5-. The fourth-order valence-electron chi connectivity index (χ4n) is 1.18. The maximum Gasteiger partial charge on any atom is 0.113 e. The zero-order valence-electron chi connectivity index (χ0n) is 8.96. The van der Waals surface area contributed by atoms with Gasteiger partial charge in [0.25, 0.3) is 0 Å². The smallest absolute Gasteiger partial charge is 0.113 e. The summed E-state index contributed by atoms with van der Waals surface area (Å²) < 4.78 is 0. The number of hydrogen-bond donors (Lipinski definition) is 0. The molecular formula is C11H14N2S. The van der Waals surface area contributed by atoms with E-state index in [2.05, 4.69) is 11.0 Å². The second-order valence-corrected chi connectivity index (χ2v) is 4.41. The van der Waals surface area contributed by atoms with Crippen molar-refractivity contribution in [2.24, 2.45) is 0 Å². The summed E-state index contributed by atoms with van der Waals surface area (Å²) in [6, 6.07) is 4.15. The van der Waals surface area contributed by atoms with Gasteiger partial charge in [-0.25, -0.2) is 0 Å². The second-order valence-electron chi connectivity index (χ2n) is 3.18. The lowest BCUT2D eigenvalue weighted by molar-refractivity contribution is 1.10. The van der Waals surface area contributed by atoms with E-state index in [-0.39, 0.29) is 0 Å². The van der Waals surface area contributed by atoms with E-state index < -0.39 is 0 Å². The highest BCUT2D eigenvalue weighted by atomic mass is 32.1. The van der Waals surface area contributed by atoms with Gasteiger partial charge in [0.2, 0.25) is 0 Å². The molecule has 0 N–H and O–H groups in total. The second kappa shape index (κ2) is 4.30. The van der Waals surface area contributed by atoms with Crippen molar-refractivity contribution < 1.29 is 0 Å². The molecule has 3 heteroatoms. The van der Waals surface area contributed by atoms with E-state index in [0.29, 0.717) is 0 Å². The quantitative estimate of drug-likeness (QED) is 0.742. The number of nitriles is 1. The lowest BCUT2D eigenvalue weighted by atomic mass is 10.3. The lowest BCUT2D eigenvalue weighted by Crippen LogP contribution is -2.13. The number of anilines is 1. The predicted molar refractivity (Wildman–Crippen MR) is 61.6 cm³/mol. The Morgan fingerprint density at radius 1 is 1.64 bits per heavy atom. The lowest BCUT2D eigenvalue weighted by Gasteiger charge is -2.17. The average Bonchev–Trinajstić information content (AvgIpc) is 2.57. The van der Waals surface area contributed by atoms with E-state index in [0.717, 1.165) is 16.3 Å². The van der Waals surface area contributed by atoms with Gasteiger partial charge in [-0.15, -0.1) is 11.3 Å². The minimum absolute atomic E-state index is 0.760. The molecule has 0 bridgehead atoms. The number of rotatable bonds is 2.